The van der Waals surface area contributed by atoms with Gasteiger partial charge in [0, 0.05) is 29.4 Å². The molecule has 2 unspecified atom stereocenters. The minimum Gasteiger partial charge on any atom is -0.494 e. The highest BCUT2D eigenvalue weighted by molar-refractivity contribution is 7.92. The van der Waals surface area contributed by atoms with Crippen LogP contribution in [0.15, 0.2) is 71.8 Å². The van der Waals surface area contributed by atoms with Gasteiger partial charge in [0.1, 0.15) is 23.4 Å². The van der Waals surface area contributed by atoms with E-state index in [1.54, 1.807) is 31.2 Å². The number of carbonyl (C=O) groups excluding carboxylic acids is 4. The van der Waals surface area contributed by atoms with Gasteiger partial charge >= 0.3 is 24.1 Å². The number of amides is 1. The maximum absolute atomic E-state index is 15.8. The Morgan fingerprint density at radius 2 is 1.76 bits per heavy atom. The van der Waals surface area contributed by atoms with Gasteiger partial charge in [0.2, 0.25) is 5.91 Å². The van der Waals surface area contributed by atoms with E-state index >= 15 is 4.39 Å². The molecular weight excluding hydrogens is 752 g/mol. The zero-order chi connectivity index (χ0) is 40.4. The lowest BCUT2D eigenvalue weighted by atomic mass is 9.91. The smallest absolute Gasteiger partial charge is 0.491 e. The number of rotatable bonds is 11. The van der Waals surface area contributed by atoms with Gasteiger partial charge in [-0.05, 0) is 98.8 Å². The third-order valence-corrected chi connectivity index (χ3v) is 11.3. The number of esters is 3. The number of nitrogens with zero attached hydrogens (tertiary/aromatic N) is 2. The molecular formula is C37H36F4N4O9S. The molecule has 1 amide bonds. The van der Waals surface area contributed by atoms with Crippen molar-refractivity contribution in [3.8, 4) is 5.75 Å². The second-order valence-electron chi connectivity index (χ2n) is 12.7. The molecule has 1 fully saturated rings. The number of anilines is 2. The second-order valence-corrected chi connectivity index (χ2v) is 15.2. The number of nitrogens with one attached hydrogen (secondary N) is 1. The summed E-state index contributed by atoms with van der Waals surface area (Å²) >= 11 is 0. The van der Waals surface area contributed by atoms with Crippen LogP contribution in [0.4, 0.5) is 29.1 Å². The number of sulfone groups is 1. The van der Waals surface area contributed by atoms with Gasteiger partial charge in [0.15, 0.2) is 9.84 Å². The van der Waals surface area contributed by atoms with E-state index in [4.69, 9.17) is 15.2 Å². The van der Waals surface area contributed by atoms with Crippen molar-refractivity contribution in [3.05, 3.63) is 89.4 Å². The van der Waals surface area contributed by atoms with Gasteiger partial charge in [-0.25, -0.2) is 27.4 Å². The van der Waals surface area contributed by atoms with Crippen LogP contribution in [0, 0.1) is 11.7 Å². The highest BCUT2D eigenvalue weighted by atomic mass is 32.2. The summed E-state index contributed by atoms with van der Waals surface area (Å²) in [4.78, 5) is 57.5. The van der Waals surface area contributed by atoms with E-state index < -0.39 is 86.8 Å². The third kappa shape index (κ3) is 8.33. The Kier molecular flexibility index (Phi) is 11.7. The van der Waals surface area contributed by atoms with E-state index in [1.165, 1.54) is 32.2 Å². The number of carbonyl (C=O) groups is 4. The van der Waals surface area contributed by atoms with Gasteiger partial charge in [-0.2, -0.15) is 13.2 Å². The van der Waals surface area contributed by atoms with Crippen molar-refractivity contribution in [2.75, 3.05) is 31.3 Å². The highest BCUT2D eigenvalue weighted by Gasteiger charge is 2.50. The van der Waals surface area contributed by atoms with Crippen molar-refractivity contribution in [3.63, 3.8) is 0 Å². The molecule has 1 aliphatic rings. The molecule has 0 spiro atoms. The van der Waals surface area contributed by atoms with Crippen LogP contribution in [-0.4, -0.2) is 73.8 Å². The summed E-state index contributed by atoms with van der Waals surface area (Å²) in [5, 5.41) is 3.07. The average Bonchev–Trinajstić information content (AvgIpc) is 3.59. The second kappa shape index (κ2) is 15.9. The highest BCUT2D eigenvalue weighted by Crippen LogP contribution is 2.44. The standard InChI is InChI=1S/C37H36F4N4O9S/c1-5-53-23-8-10-28(38)26(18-23)30(44-22-7-9-24-20(16-22)12-14-43-32(24)42)33(46)45-15-13-25(35(48)54-36(49)37(39,40)41)31(45)27-17-21(34(47)52-4)6-11-29(27)55(50,51)19(2)3/h6-12,14,16-19,25,30-31,44H,5,13,15H2,1-4H3,(H2,42,43)/t25?,30-,31?/m0/s1. The Balaban J connectivity index is 1.72. The van der Waals surface area contributed by atoms with Gasteiger partial charge in [0.25, 0.3) is 0 Å². The van der Waals surface area contributed by atoms with Crippen LogP contribution in [0.3, 0.4) is 0 Å². The van der Waals surface area contributed by atoms with Crippen LogP contribution < -0.4 is 15.8 Å². The zero-order valence-corrected chi connectivity index (χ0v) is 30.7. The molecule has 0 aliphatic carbocycles. The summed E-state index contributed by atoms with van der Waals surface area (Å²) in [6.45, 7) is 4.13. The first-order valence-corrected chi connectivity index (χ1v) is 18.4. The minimum atomic E-state index is -5.57. The fourth-order valence-corrected chi connectivity index (χ4v) is 7.60. The Hall–Kier alpha value is -5.78. The van der Waals surface area contributed by atoms with Crippen LogP contribution in [-0.2, 0) is 33.7 Å². The maximum atomic E-state index is 15.8. The summed E-state index contributed by atoms with van der Waals surface area (Å²) in [5.41, 5.74) is 5.46. The molecule has 3 N–H and O–H groups in total. The molecule has 3 atom stereocenters. The normalized spacial score (nSPS) is 16.5. The molecule has 4 aromatic rings. The van der Waals surface area contributed by atoms with E-state index in [2.05, 4.69) is 15.0 Å². The molecule has 2 heterocycles. The average molecular weight is 789 g/mol. The molecule has 0 saturated carbocycles. The predicted octanol–water partition coefficient (Wildman–Crippen LogP) is 5.70. The molecule has 55 heavy (non-hydrogen) atoms. The van der Waals surface area contributed by atoms with Gasteiger partial charge in [-0.1, -0.05) is 0 Å². The number of ether oxygens (including phenoxy) is 3. The fourth-order valence-electron chi connectivity index (χ4n) is 6.33. The zero-order valence-electron chi connectivity index (χ0n) is 29.8. The maximum Gasteiger partial charge on any atom is 0.491 e. The van der Waals surface area contributed by atoms with Gasteiger partial charge in [-0.3, -0.25) is 9.59 Å². The molecule has 3 aromatic carbocycles. The minimum absolute atomic E-state index is 0.176. The van der Waals surface area contributed by atoms with Crippen LogP contribution in [0.25, 0.3) is 10.8 Å². The SMILES string of the molecule is CCOc1ccc(F)c([C@H](Nc2ccc3c(N)nccc3c2)C(=O)N2CCC(C(=O)OC(=O)C(F)(F)F)C2c2cc(C(=O)OC)ccc2S(=O)(=O)C(C)C)c1. The molecule has 18 heteroatoms. The quantitative estimate of drug-likeness (QED) is 0.108. The molecule has 0 bridgehead atoms. The number of methoxy groups -OCH3 is 1. The molecule has 13 nitrogen and oxygen atoms in total. The number of nitrogens with two attached hydrogens (primary N) is 1. The largest absolute Gasteiger partial charge is 0.494 e. The van der Waals surface area contributed by atoms with E-state index in [1.807, 2.05) is 0 Å². The van der Waals surface area contributed by atoms with E-state index in [0.717, 1.165) is 36.3 Å². The van der Waals surface area contributed by atoms with E-state index in [-0.39, 0.29) is 40.6 Å². The molecule has 1 aliphatic heterocycles. The Labute approximate surface area is 312 Å². The van der Waals surface area contributed by atoms with Crippen LogP contribution in [0.2, 0.25) is 0 Å². The van der Waals surface area contributed by atoms with Gasteiger partial charge in [0.05, 0.1) is 41.4 Å². The lowest BCUT2D eigenvalue weighted by molar-refractivity contribution is -0.203. The summed E-state index contributed by atoms with van der Waals surface area (Å²) in [6, 6.07) is 9.88. The Morgan fingerprint density at radius 3 is 2.42 bits per heavy atom. The molecule has 1 saturated heterocycles. The lowest BCUT2D eigenvalue weighted by Gasteiger charge is -2.33. The first kappa shape index (κ1) is 40.4. The van der Waals surface area contributed by atoms with Crippen molar-refractivity contribution < 1.29 is 59.4 Å². The van der Waals surface area contributed by atoms with Crippen LogP contribution in [0.5, 0.6) is 5.75 Å². The van der Waals surface area contributed by atoms with Crippen LogP contribution in [0.1, 0.15) is 60.8 Å². The summed E-state index contributed by atoms with van der Waals surface area (Å²) in [6.07, 6.45) is -4.55. The number of benzene rings is 3. The summed E-state index contributed by atoms with van der Waals surface area (Å²) in [7, 11) is -3.25. The number of alkyl halides is 3. The van der Waals surface area contributed by atoms with Gasteiger partial charge < -0.3 is 30.2 Å². The number of halogens is 4. The van der Waals surface area contributed by atoms with E-state index in [0.29, 0.717) is 10.8 Å². The van der Waals surface area contributed by atoms with E-state index in [9.17, 15) is 40.8 Å². The van der Waals surface area contributed by atoms with Gasteiger partial charge in [-0.15, -0.1) is 0 Å². The first-order chi connectivity index (χ1) is 25.9. The molecule has 5 rings (SSSR count). The number of likely N-dealkylation sites (tertiary alicyclic amines) is 1. The molecule has 1 aromatic heterocycles. The van der Waals surface area contributed by atoms with Crippen molar-refractivity contribution >= 4 is 55.9 Å². The Bertz CT molecular complexity index is 2270. The van der Waals surface area contributed by atoms with Crippen molar-refractivity contribution in [2.24, 2.45) is 5.92 Å². The monoisotopic (exact) mass is 788 g/mol. The lowest BCUT2D eigenvalue weighted by Crippen LogP contribution is -2.41. The number of nitrogen functional groups attached to an aromatic ring is 1. The first-order valence-electron chi connectivity index (χ1n) is 16.8. The number of hydrogen-bond donors (Lipinski definition) is 2. The van der Waals surface area contributed by atoms with Crippen molar-refractivity contribution in [1.29, 1.82) is 0 Å². The predicted molar refractivity (Wildman–Crippen MR) is 190 cm³/mol. The topological polar surface area (TPSA) is 184 Å². The summed E-state index contributed by atoms with van der Waals surface area (Å²) in [5.74, 6) is -8.72. The summed E-state index contributed by atoms with van der Waals surface area (Å²) < 4.78 is 97.8. The Morgan fingerprint density at radius 1 is 1.04 bits per heavy atom. The van der Waals surface area contributed by atoms with Crippen molar-refractivity contribution in [1.82, 2.24) is 9.88 Å². The third-order valence-electron chi connectivity index (χ3n) is 9.03. The van der Waals surface area contributed by atoms with Crippen molar-refractivity contribution in [2.45, 2.75) is 55.6 Å². The van der Waals surface area contributed by atoms with Crippen LogP contribution >= 0.6 is 0 Å². The number of hydrogen-bond acceptors (Lipinski definition) is 12. The number of aromatic nitrogens is 1. The fraction of sp³-hybridized carbons (Fsp3) is 0.324. The number of pyridine rings is 1. The molecule has 0 radical (unpaired) electrons. The number of fused-ring (bicyclic) bond motifs is 1. The molecule has 292 valence electrons.